The fourth-order valence-corrected chi connectivity index (χ4v) is 3.72. The van der Waals surface area contributed by atoms with Gasteiger partial charge < -0.3 is 10.2 Å². The standard InChI is InChI=1S/C18H25N7O3S/c1-13-16(4-3-15(22-13)18(26)20-2)25-9-7-24(8-10-25)12-14-5-6-21-17(11-14)23-29(19,27)28/h3-6,11H,7-10,12H2,1-2H3,(H,20,26)(H,21,23)(H2,19,27,28). The van der Waals surface area contributed by atoms with Crippen LogP contribution in [0, 0.1) is 6.92 Å². The number of piperazine rings is 1. The third kappa shape index (κ3) is 5.62. The number of nitrogens with zero attached hydrogens (tertiary/aromatic N) is 4. The molecule has 3 heterocycles. The predicted molar refractivity (Wildman–Crippen MR) is 111 cm³/mol. The maximum atomic E-state index is 11.7. The van der Waals surface area contributed by atoms with Crippen molar-refractivity contribution >= 4 is 27.6 Å². The van der Waals surface area contributed by atoms with Crippen molar-refractivity contribution in [2.75, 3.05) is 42.8 Å². The third-order valence-electron chi connectivity index (χ3n) is 4.71. The highest BCUT2D eigenvalue weighted by molar-refractivity contribution is 7.90. The van der Waals surface area contributed by atoms with Gasteiger partial charge in [0.15, 0.2) is 0 Å². The Balaban J connectivity index is 1.60. The second kappa shape index (κ2) is 8.72. The smallest absolute Gasteiger partial charge is 0.297 e. The molecule has 2 aromatic rings. The maximum absolute atomic E-state index is 11.7. The molecule has 4 N–H and O–H groups in total. The number of carbonyl (C=O) groups is 1. The molecule has 0 unspecified atom stereocenters. The molecule has 1 saturated heterocycles. The van der Waals surface area contributed by atoms with E-state index in [0.717, 1.165) is 43.1 Å². The lowest BCUT2D eigenvalue weighted by atomic mass is 10.2. The Bertz CT molecular complexity index is 989. The molecular weight excluding hydrogens is 394 g/mol. The van der Waals surface area contributed by atoms with Gasteiger partial charge in [-0.1, -0.05) is 0 Å². The average molecular weight is 420 g/mol. The van der Waals surface area contributed by atoms with Crippen molar-refractivity contribution in [3.8, 4) is 0 Å². The lowest BCUT2D eigenvalue weighted by molar-refractivity contribution is 0.0958. The van der Waals surface area contributed by atoms with Gasteiger partial charge in [0.1, 0.15) is 11.5 Å². The van der Waals surface area contributed by atoms with E-state index in [1.54, 1.807) is 25.4 Å². The van der Waals surface area contributed by atoms with Gasteiger partial charge in [-0.05, 0) is 36.8 Å². The molecule has 10 nitrogen and oxygen atoms in total. The van der Waals surface area contributed by atoms with Crippen LogP contribution in [0.5, 0.6) is 0 Å². The van der Waals surface area contributed by atoms with Crippen LogP contribution in [0.25, 0.3) is 0 Å². The van der Waals surface area contributed by atoms with E-state index < -0.39 is 10.2 Å². The van der Waals surface area contributed by atoms with Crippen LogP contribution < -0.4 is 20.1 Å². The summed E-state index contributed by atoms with van der Waals surface area (Å²) >= 11 is 0. The quantitative estimate of drug-likeness (QED) is 0.604. The summed E-state index contributed by atoms with van der Waals surface area (Å²) in [5, 5.41) is 7.58. The Morgan fingerprint density at radius 3 is 2.55 bits per heavy atom. The molecule has 3 rings (SSSR count). The van der Waals surface area contributed by atoms with Crippen molar-refractivity contribution in [3.63, 3.8) is 0 Å². The van der Waals surface area contributed by atoms with Crippen molar-refractivity contribution in [1.29, 1.82) is 0 Å². The fraction of sp³-hybridized carbons (Fsp3) is 0.389. The number of amides is 1. The molecule has 1 aliphatic rings. The Labute approximate surface area is 170 Å². The first-order valence-corrected chi connectivity index (χ1v) is 10.7. The van der Waals surface area contributed by atoms with Crippen LogP contribution in [0.2, 0.25) is 0 Å². The third-order valence-corrected chi connectivity index (χ3v) is 5.20. The minimum absolute atomic E-state index is 0.196. The van der Waals surface area contributed by atoms with E-state index in [1.807, 2.05) is 19.1 Å². The van der Waals surface area contributed by atoms with E-state index in [1.165, 1.54) is 0 Å². The van der Waals surface area contributed by atoms with Crippen molar-refractivity contribution in [2.45, 2.75) is 13.5 Å². The Morgan fingerprint density at radius 2 is 1.93 bits per heavy atom. The Morgan fingerprint density at radius 1 is 1.21 bits per heavy atom. The molecule has 1 amide bonds. The summed E-state index contributed by atoms with van der Waals surface area (Å²) in [4.78, 5) is 24.6. The zero-order chi connectivity index (χ0) is 21.0. The van der Waals surface area contributed by atoms with Gasteiger partial charge >= 0.3 is 0 Å². The van der Waals surface area contributed by atoms with Gasteiger partial charge in [-0.2, -0.15) is 8.42 Å². The Hall–Kier alpha value is -2.76. The van der Waals surface area contributed by atoms with Gasteiger partial charge in [0.2, 0.25) is 0 Å². The lowest BCUT2D eigenvalue weighted by Gasteiger charge is -2.36. The maximum Gasteiger partial charge on any atom is 0.297 e. The average Bonchev–Trinajstić information content (AvgIpc) is 2.67. The molecule has 1 aliphatic heterocycles. The summed E-state index contributed by atoms with van der Waals surface area (Å²) in [5.74, 6) is 0.0136. The minimum Gasteiger partial charge on any atom is -0.368 e. The molecule has 0 saturated carbocycles. The lowest BCUT2D eigenvalue weighted by Crippen LogP contribution is -2.46. The largest absolute Gasteiger partial charge is 0.368 e. The number of anilines is 2. The number of nitrogens with two attached hydrogens (primary N) is 1. The van der Waals surface area contributed by atoms with E-state index in [2.05, 4.69) is 29.8 Å². The van der Waals surface area contributed by atoms with Crippen molar-refractivity contribution in [2.24, 2.45) is 5.14 Å². The number of aryl methyl sites for hydroxylation is 1. The molecule has 0 aromatic carbocycles. The number of pyridine rings is 2. The molecule has 156 valence electrons. The van der Waals surface area contributed by atoms with E-state index in [4.69, 9.17) is 5.14 Å². The minimum atomic E-state index is -3.84. The first kappa shape index (κ1) is 21.0. The fourth-order valence-electron chi connectivity index (χ4n) is 3.32. The number of aromatic nitrogens is 2. The second-order valence-corrected chi connectivity index (χ2v) is 8.13. The summed E-state index contributed by atoms with van der Waals surface area (Å²) in [7, 11) is -2.26. The predicted octanol–water partition coefficient (Wildman–Crippen LogP) is 0.0822. The highest BCUT2D eigenvalue weighted by Crippen LogP contribution is 2.21. The highest BCUT2D eigenvalue weighted by Gasteiger charge is 2.20. The summed E-state index contributed by atoms with van der Waals surface area (Å²) in [6, 6.07) is 7.22. The van der Waals surface area contributed by atoms with Crippen LogP contribution in [0.4, 0.5) is 11.5 Å². The number of rotatable bonds is 6. The van der Waals surface area contributed by atoms with E-state index in [9.17, 15) is 13.2 Å². The molecule has 2 aromatic heterocycles. The van der Waals surface area contributed by atoms with E-state index in [-0.39, 0.29) is 11.7 Å². The van der Waals surface area contributed by atoms with Gasteiger partial charge in [-0.15, -0.1) is 0 Å². The number of hydrogen-bond donors (Lipinski definition) is 3. The molecule has 0 aliphatic carbocycles. The van der Waals surface area contributed by atoms with Gasteiger partial charge in [0.25, 0.3) is 16.1 Å². The molecule has 29 heavy (non-hydrogen) atoms. The van der Waals surface area contributed by atoms with Gasteiger partial charge in [-0.25, -0.2) is 15.1 Å². The SMILES string of the molecule is CNC(=O)c1ccc(N2CCN(Cc3ccnc(NS(N)(=O)=O)c3)CC2)c(C)n1. The summed E-state index contributed by atoms with van der Waals surface area (Å²) in [6.45, 7) is 5.94. The van der Waals surface area contributed by atoms with Crippen LogP contribution in [-0.2, 0) is 16.8 Å². The van der Waals surface area contributed by atoms with E-state index >= 15 is 0 Å². The van der Waals surface area contributed by atoms with Gasteiger partial charge in [0.05, 0.1) is 11.4 Å². The number of carbonyl (C=O) groups excluding carboxylic acids is 1. The molecule has 0 radical (unpaired) electrons. The molecular formula is C18H25N7O3S. The molecule has 0 spiro atoms. The van der Waals surface area contributed by atoms with Crippen LogP contribution in [0.3, 0.4) is 0 Å². The van der Waals surface area contributed by atoms with Crippen molar-refractivity contribution in [1.82, 2.24) is 20.2 Å². The van der Waals surface area contributed by atoms with Gasteiger partial charge in [0, 0.05) is 46.0 Å². The normalized spacial score (nSPS) is 15.2. The highest BCUT2D eigenvalue weighted by atomic mass is 32.2. The zero-order valence-electron chi connectivity index (χ0n) is 16.4. The van der Waals surface area contributed by atoms with Crippen LogP contribution in [-0.4, -0.2) is 62.4 Å². The van der Waals surface area contributed by atoms with E-state index in [0.29, 0.717) is 12.2 Å². The number of hydrogen-bond acceptors (Lipinski definition) is 7. The molecule has 11 heteroatoms. The first-order valence-electron chi connectivity index (χ1n) is 9.17. The molecule has 0 atom stereocenters. The summed E-state index contributed by atoms with van der Waals surface area (Å²) < 4.78 is 24.5. The molecule has 1 fully saturated rings. The number of nitrogens with one attached hydrogen (secondary N) is 2. The Kier molecular flexibility index (Phi) is 6.30. The topological polar surface area (TPSA) is 134 Å². The summed E-state index contributed by atoms with van der Waals surface area (Å²) in [6.07, 6.45) is 1.56. The summed E-state index contributed by atoms with van der Waals surface area (Å²) in [5.41, 5.74) is 3.22. The van der Waals surface area contributed by atoms with Gasteiger partial charge in [-0.3, -0.25) is 14.4 Å². The van der Waals surface area contributed by atoms with Crippen LogP contribution in [0.15, 0.2) is 30.5 Å². The van der Waals surface area contributed by atoms with Crippen molar-refractivity contribution in [3.05, 3.63) is 47.4 Å². The monoisotopic (exact) mass is 419 g/mol. The van der Waals surface area contributed by atoms with Crippen LogP contribution in [0.1, 0.15) is 21.7 Å². The first-order chi connectivity index (χ1) is 13.7. The molecule has 0 bridgehead atoms. The second-order valence-electron chi connectivity index (χ2n) is 6.84. The zero-order valence-corrected chi connectivity index (χ0v) is 17.2. The van der Waals surface area contributed by atoms with Crippen LogP contribution >= 0.6 is 0 Å². The van der Waals surface area contributed by atoms with Crippen molar-refractivity contribution < 1.29 is 13.2 Å².